The van der Waals surface area contributed by atoms with Crippen LogP contribution in [-0.4, -0.2) is 34.5 Å². The highest BCUT2D eigenvalue weighted by molar-refractivity contribution is 9.10. The zero-order valence-corrected chi connectivity index (χ0v) is 20.0. The van der Waals surface area contributed by atoms with Gasteiger partial charge < -0.3 is 4.74 Å². The minimum absolute atomic E-state index is 0.0359. The lowest BCUT2D eigenvalue weighted by Crippen LogP contribution is -2.24. The van der Waals surface area contributed by atoms with Crippen molar-refractivity contribution < 1.29 is 9.53 Å². The van der Waals surface area contributed by atoms with Crippen LogP contribution in [0.1, 0.15) is 5.56 Å². The van der Waals surface area contributed by atoms with Gasteiger partial charge in [-0.1, -0.05) is 58.0 Å². The van der Waals surface area contributed by atoms with Crippen molar-refractivity contribution in [2.24, 2.45) is 5.10 Å². The molecule has 0 aliphatic carbocycles. The Morgan fingerprint density at radius 1 is 1.12 bits per heavy atom. The van der Waals surface area contributed by atoms with Crippen molar-refractivity contribution in [3.8, 4) is 11.4 Å². The number of hydrogen-bond acceptors (Lipinski definition) is 6. The molecule has 0 spiro atoms. The van der Waals surface area contributed by atoms with E-state index in [1.165, 1.54) is 4.57 Å². The van der Waals surface area contributed by atoms with Gasteiger partial charge in [-0.2, -0.15) is 5.10 Å². The molecule has 4 aromatic rings. The zero-order chi connectivity index (χ0) is 23.2. The van der Waals surface area contributed by atoms with Crippen molar-refractivity contribution in [2.75, 3.05) is 12.9 Å². The number of ether oxygens (including phenoxy) is 1. The first-order valence-corrected chi connectivity index (χ1v) is 11.7. The molecule has 0 aliphatic heterocycles. The van der Waals surface area contributed by atoms with E-state index >= 15 is 0 Å². The number of benzene rings is 3. The summed E-state index contributed by atoms with van der Waals surface area (Å²) in [5, 5.41) is 4.92. The second-order valence-corrected chi connectivity index (χ2v) is 8.65. The molecule has 1 heterocycles. The summed E-state index contributed by atoms with van der Waals surface area (Å²) in [6, 6.07) is 21.8. The van der Waals surface area contributed by atoms with Gasteiger partial charge >= 0.3 is 0 Å². The Labute approximate surface area is 202 Å². The highest BCUT2D eigenvalue weighted by Gasteiger charge is 2.15. The molecule has 33 heavy (non-hydrogen) atoms. The zero-order valence-electron chi connectivity index (χ0n) is 17.6. The van der Waals surface area contributed by atoms with Crippen molar-refractivity contribution in [1.29, 1.82) is 0 Å². The Hall–Kier alpha value is -3.43. The molecule has 1 aromatic heterocycles. The van der Waals surface area contributed by atoms with Crippen LogP contribution in [0, 0.1) is 0 Å². The number of carbonyl (C=O) groups is 1. The third kappa shape index (κ3) is 5.32. The number of methoxy groups -OCH3 is 1. The second kappa shape index (κ2) is 10.5. The van der Waals surface area contributed by atoms with E-state index in [0.29, 0.717) is 27.5 Å². The maximum atomic E-state index is 13.3. The molecular weight excluding hydrogens is 504 g/mol. The van der Waals surface area contributed by atoms with Crippen LogP contribution >= 0.6 is 27.7 Å². The molecule has 0 atom stereocenters. The van der Waals surface area contributed by atoms with Gasteiger partial charge in [0.25, 0.3) is 11.5 Å². The van der Waals surface area contributed by atoms with Crippen molar-refractivity contribution in [2.45, 2.75) is 5.16 Å². The van der Waals surface area contributed by atoms with Crippen LogP contribution in [0.4, 0.5) is 0 Å². The highest BCUT2D eigenvalue weighted by atomic mass is 79.9. The number of thioether (sulfide) groups is 1. The fourth-order valence-electron chi connectivity index (χ4n) is 3.08. The topological polar surface area (TPSA) is 85.6 Å². The molecular formula is C24H19BrN4O3S. The summed E-state index contributed by atoms with van der Waals surface area (Å²) in [5.74, 6) is 0.401. The molecule has 4 rings (SSSR count). The number of hydrogen-bond donors (Lipinski definition) is 1. The van der Waals surface area contributed by atoms with Gasteiger partial charge in [0.2, 0.25) is 0 Å². The molecule has 0 saturated heterocycles. The average molecular weight is 523 g/mol. The van der Waals surface area contributed by atoms with Crippen molar-refractivity contribution in [1.82, 2.24) is 15.0 Å². The van der Waals surface area contributed by atoms with E-state index in [2.05, 4.69) is 31.4 Å². The van der Waals surface area contributed by atoms with Gasteiger partial charge in [0.05, 0.1) is 35.7 Å². The summed E-state index contributed by atoms with van der Waals surface area (Å²) in [7, 11) is 1.58. The third-order valence-corrected chi connectivity index (χ3v) is 6.37. The number of halogens is 1. The van der Waals surface area contributed by atoms with Crippen LogP contribution in [0.2, 0.25) is 0 Å². The predicted octanol–water partition coefficient (Wildman–Crippen LogP) is 4.40. The molecule has 0 saturated carbocycles. The van der Waals surface area contributed by atoms with E-state index in [0.717, 1.165) is 21.8 Å². The largest absolute Gasteiger partial charge is 0.497 e. The van der Waals surface area contributed by atoms with E-state index in [1.54, 1.807) is 55.8 Å². The van der Waals surface area contributed by atoms with Gasteiger partial charge in [-0.05, 0) is 42.5 Å². The summed E-state index contributed by atoms with van der Waals surface area (Å²) < 4.78 is 7.59. The molecule has 7 nitrogen and oxygen atoms in total. The quantitative estimate of drug-likeness (QED) is 0.168. The smallest absolute Gasteiger partial charge is 0.266 e. The molecule has 3 aromatic carbocycles. The molecule has 1 amide bonds. The lowest BCUT2D eigenvalue weighted by atomic mass is 10.2. The minimum atomic E-state index is -0.313. The van der Waals surface area contributed by atoms with Crippen molar-refractivity contribution in [3.05, 3.63) is 93.2 Å². The van der Waals surface area contributed by atoms with Gasteiger partial charge in [0, 0.05) is 10.0 Å². The Bertz CT molecular complexity index is 1390. The summed E-state index contributed by atoms with van der Waals surface area (Å²) in [4.78, 5) is 30.3. The Morgan fingerprint density at radius 3 is 2.61 bits per heavy atom. The molecule has 0 radical (unpaired) electrons. The summed E-state index contributed by atoms with van der Waals surface area (Å²) in [5.41, 5.74) is 4.35. The number of carbonyl (C=O) groups excluding carboxylic acids is 1. The molecule has 1 N–H and O–H groups in total. The van der Waals surface area contributed by atoms with E-state index in [9.17, 15) is 9.59 Å². The van der Waals surface area contributed by atoms with Gasteiger partial charge in [0.15, 0.2) is 5.16 Å². The molecule has 0 aliphatic rings. The van der Waals surface area contributed by atoms with Gasteiger partial charge in [-0.25, -0.2) is 10.4 Å². The number of para-hydroxylation sites is 1. The van der Waals surface area contributed by atoms with Crippen LogP contribution in [0.5, 0.6) is 5.75 Å². The number of nitrogens with one attached hydrogen (secondary N) is 1. The number of aromatic nitrogens is 2. The Balaban J connectivity index is 1.58. The number of rotatable bonds is 7. The number of fused-ring (bicyclic) bond motifs is 1. The van der Waals surface area contributed by atoms with Gasteiger partial charge in [-0.3, -0.25) is 14.2 Å². The SMILES string of the molecule is COc1ccc(-n2c(SCC(=O)NN=Cc3ccccc3Br)nc3ccccc3c2=O)cc1. The van der Waals surface area contributed by atoms with Crippen molar-refractivity contribution in [3.63, 3.8) is 0 Å². The van der Waals surface area contributed by atoms with E-state index in [-0.39, 0.29) is 17.2 Å². The summed E-state index contributed by atoms with van der Waals surface area (Å²) >= 11 is 4.60. The second-order valence-electron chi connectivity index (χ2n) is 6.85. The predicted molar refractivity (Wildman–Crippen MR) is 134 cm³/mol. The molecule has 0 bridgehead atoms. The fourth-order valence-corrected chi connectivity index (χ4v) is 4.28. The monoisotopic (exact) mass is 522 g/mol. The van der Waals surface area contributed by atoms with Crippen LogP contribution in [0.25, 0.3) is 16.6 Å². The molecule has 9 heteroatoms. The molecule has 0 fully saturated rings. The van der Waals surface area contributed by atoms with E-state index in [1.807, 2.05) is 30.3 Å². The summed E-state index contributed by atoms with van der Waals surface area (Å²) in [6.45, 7) is 0. The normalized spacial score (nSPS) is 11.1. The summed E-state index contributed by atoms with van der Waals surface area (Å²) in [6.07, 6.45) is 1.56. The lowest BCUT2D eigenvalue weighted by molar-refractivity contribution is -0.118. The first kappa shape index (κ1) is 22.8. The maximum absolute atomic E-state index is 13.3. The number of hydrazone groups is 1. The lowest BCUT2D eigenvalue weighted by Gasteiger charge is -2.13. The van der Waals surface area contributed by atoms with Crippen LogP contribution in [0.3, 0.4) is 0 Å². The fraction of sp³-hybridized carbons (Fsp3) is 0.0833. The van der Waals surface area contributed by atoms with E-state index in [4.69, 9.17) is 4.74 Å². The standard InChI is InChI=1S/C24H19BrN4O3S/c1-32-18-12-10-17(11-13-18)29-23(31)19-7-3-5-9-21(19)27-24(29)33-15-22(30)28-26-14-16-6-2-4-8-20(16)25/h2-14H,15H2,1H3,(H,28,30). The van der Waals surface area contributed by atoms with Crippen LogP contribution in [-0.2, 0) is 4.79 Å². The van der Waals surface area contributed by atoms with Crippen LogP contribution < -0.4 is 15.7 Å². The van der Waals surface area contributed by atoms with Crippen LogP contribution in [0.15, 0.2) is 92.3 Å². The Morgan fingerprint density at radius 2 is 1.85 bits per heavy atom. The first-order valence-electron chi connectivity index (χ1n) is 9.92. The first-order chi connectivity index (χ1) is 16.1. The van der Waals surface area contributed by atoms with E-state index < -0.39 is 0 Å². The Kier molecular flexibility index (Phi) is 7.21. The third-order valence-electron chi connectivity index (χ3n) is 4.71. The average Bonchev–Trinajstić information content (AvgIpc) is 2.84. The number of nitrogens with zero attached hydrogens (tertiary/aromatic N) is 3. The maximum Gasteiger partial charge on any atom is 0.266 e. The molecule has 166 valence electrons. The van der Waals surface area contributed by atoms with Gasteiger partial charge in [0.1, 0.15) is 5.75 Å². The highest BCUT2D eigenvalue weighted by Crippen LogP contribution is 2.22. The number of amides is 1. The minimum Gasteiger partial charge on any atom is -0.497 e. The van der Waals surface area contributed by atoms with Crippen molar-refractivity contribution >= 4 is 50.7 Å². The van der Waals surface area contributed by atoms with Gasteiger partial charge in [-0.15, -0.1) is 0 Å². The molecule has 0 unspecified atom stereocenters.